The molecule has 0 aliphatic carbocycles. The van der Waals surface area contributed by atoms with Crippen molar-refractivity contribution in [3.63, 3.8) is 0 Å². The number of hydrogen-bond donors (Lipinski definition) is 0. The summed E-state index contributed by atoms with van der Waals surface area (Å²) < 4.78 is 24.7. The van der Waals surface area contributed by atoms with E-state index in [1.165, 1.54) is 11.8 Å². The number of likely N-dealkylation sites (tertiary alicyclic amines) is 1. The summed E-state index contributed by atoms with van der Waals surface area (Å²) in [6.07, 6.45) is 1.32. The van der Waals surface area contributed by atoms with E-state index in [0.717, 1.165) is 19.6 Å². The molecule has 5 heteroatoms. The van der Waals surface area contributed by atoms with Crippen LogP contribution in [-0.4, -0.2) is 50.1 Å². The van der Waals surface area contributed by atoms with Crippen molar-refractivity contribution in [2.75, 3.05) is 32.4 Å². The van der Waals surface area contributed by atoms with Gasteiger partial charge >= 0.3 is 0 Å². The molecule has 0 aromatic heterocycles. The Kier molecular flexibility index (Phi) is 3.37. The first kappa shape index (κ1) is 13.1. The molecule has 0 bridgehead atoms. The van der Waals surface area contributed by atoms with Crippen LogP contribution in [0.1, 0.15) is 5.56 Å². The van der Waals surface area contributed by atoms with Gasteiger partial charge in [0.05, 0.1) is 6.26 Å². The van der Waals surface area contributed by atoms with Gasteiger partial charge in [0.15, 0.2) is 0 Å². The second-order valence-corrected chi connectivity index (χ2v) is 7.76. The Bertz CT molecular complexity index is 530. The molecule has 0 amide bonds. The van der Waals surface area contributed by atoms with Crippen LogP contribution in [0.15, 0.2) is 30.3 Å². The summed E-state index contributed by atoms with van der Waals surface area (Å²) in [5, 5.41) is 0. The maximum atomic E-state index is 11.5. The molecule has 3 rings (SSSR count). The molecule has 0 saturated carbocycles. The number of benzene rings is 1. The normalized spacial score (nSPS) is 28.7. The fourth-order valence-corrected chi connectivity index (χ4v) is 4.21. The van der Waals surface area contributed by atoms with Gasteiger partial charge < -0.3 is 0 Å². The van der Waals surface area contributed by atoms with Crippen molar-refractivity contribution >= 4 is 10.0 Å². The molecular weight excluding hydrogens is 260 g/mol. The molecule has 2 aliphatic heterocycles. The topological polar surface area (TPSA) is 40.6 Å². The molecule has 2 fully saturated rings. The molecule has 2 aliphatic rings. The van der Waals surface area contributed by atoms with Crippen molar-refractivity contribution in [2.45, 2.75) is 6.54 Å². The minimum absolute atomic E-state index is 0.512. The highest BCUT2D eigenvalue weighted by Gasteiger charge is 2.42. The lowest BCUT2D eigenvalue weighted by molar-refractivity contribution is 0.290. The summed E-state index contributed by atoms with van der Waals surface area (Å²) in [6, 6.07) is 10.5. The number of nitrogens with zero attached hydrogens (tertiary/aromatic N) is 2. The van der Waals surface area contributed by atoms with Crippen molar-refractivity contribution < 1.29 is 8.42 Å². The molecule has 2 saturated heterocycles. The zero-order chi connectivity index (χ0) is 13.5. The van der Waals surface area contributed by atoms with Crippen LogP contribution < -0.4 is 0 Å². The summed E-state index contributed by atoms with van der Waals surface area (Å²) in [7, 11) is -3.01. The summed E-state index contributed by atoms with van der Waals surface area (Å²) in [5.74, 6) is 1.02. The molecule has 0 N–H and O–H groups in total. The first-order chi connectivity index (χ1) is 9.02. The van der Waals surface area contributed by atoms with Crippen LogP contribution in [0.2, 0.25) is 0 Å². The van der Waals surface area contributed by atoms with E-state index in [0.29, 0.717) is 24.9 Å². The summed E-state index contributed by atoms with van der Waals surface area (Å²) in [4.78, 5) is 2.45. The molecular formula is C14H20N2O2S. The van der Waals surface area contributed by atoms with E-state index in [4.69, 9.17) is 0 Å². The third kappa shape index (κ3) is 2.83. The minimum atomic E-state index is -3.01. The SMILES string of the molecule is CS(=O)(=O)N1C[C@H]2CN(Cc3ccccc3)C[C@@H]2C1. The third-order valence-electron chi connectivity index (χ3n) is 4.25. The number of rotatable bonds is 3. The van der Waals surface area contributed by atoms with E-state index >= 15 is 0 Å². The van der Waals surface area contributed by atoms with E-state index in [1.807, 2.05) is 6.07 Å². The predicted molar refractivity (Wildman–Crippen MR) is 75.1 cm³/mol. The van der Waals surface area contributed by atoms with Crippen molar-refractivity contribution in [1.29, 1.82) is 0 Å². The van der Waals surface area contributed by atoms with Gasteiger partial charge in [0.2, 0.25) is 10.0 Å². The Balaban J connectivity index is 1.60. The Morgan fingerprint density at radius 1 is 1.05 bits per heavy atom. The van der Waals surface area contributed by atoms with E-state index in [9.17, 15) is 8.42 Å². The smallest absolute Gasteiger partial charge is 0.211 e. The Morgan fingerprint density at radius 2 is 1.63 bits per heavy atom. The molecule has 19 heavy (non-hydrogen) atoms. The zero-order valence-electron chi connectivity index (χ0n) is 11.2. The monoisotopic (exact) mass is 280 g/mol. The van der Waals surface area contributed by atoms with Gasteiger partial charge in [-0.1, -0.05) is 30.3 Å². The van der Waals surface area contributed by atoms with Crippen LogP contribution in [0.3, 0.4) is 0 Å². The van der Waals surface area contributed by atoms with Crippen LogP contribution in [0.25, 0.3) is 0 Å². The molecule has 2 heterocycles. The molecule has 1 aromatic rings. The lowest BCUT2D eigenvalue weighted by Gasteiger charge is -2.20. The largest absolute Gasteiger partial charge is 0.298 e. The van der Waals surface area contributed by atoms with E-state index < -0.39 is 10.0 Å². The van der Waals surface area contributed by atoms with E-state index in [1.54, 1.807) is 4.31 Å². The van der Waals surface area contributed by atoms with Crippen molar-refractivity contribution in [3.05, 3.63) is 35.9 Å². The van der Waals surface area contributed by atoms with Crippen LogP contribution in [-0.2, 0) is 16.6 Å². The summed E-state index contributed by atoms with van der Waals surface area (Å²) in [6.45, 7) is 4.42. The van der Waals surface area contributed by atoms with Crippen LogP contribution in [0, 0.1) is 11.8 Å². The average molecular weight is 280 g/mol. The predicted octanol–water partition coefficient (Wildman–Crippen LogP) is 1.01. The molecule has 104 valence electrons. The van der Waals surface area contributed by atoms with Crippen molar-refractivity contribution in [2.24, 2.45) is 11.8 Å². The fraction of sp³-hybridized carbons (Fsp3) is 0.571. The zero-order valence-corrected chi connectivity index (χ0v) is 12.0. The molecule has 4 nitrogen and oxygen atoms in total. The fourth-order valence-electron chi connectivity index (χ4n) is 3.29. The third-order valence-corrected chi connectivity index (χ3v) is 5.48. The lowest BCUT2D eigenvalue weighted by Crippen LogP contribution is -2.32. The second kappa shape index (κ2) is 4.89. The van der Waals surface area contributed by atoms with Gasteiger partial charge in [-0.3, -0.25) is 4.90 Å². The highest BCUT2D eigenvalue weighted by atomic mass is 32.2. The summed E-state index contributed by atoms with van der Waals surface area (Å²) in [5.41, 5.74) is 1.34. The highest BCUT2D eigenvalue weighted by Crippen LogP contribution is 2.32. The first-order valence-corrected chi connectivity index (χ1v) is 8.58. The van der Waals surface area contributed by atoms with Gasteiger partial charge in [-0.05, 0) is 17.4 Å². The van der Waals surface area contributed by atoms with E-state index in [2.05, 4.69) is 29.2 Å². The van der Waals surface area contributed by atoms with Crippen molar-refractivity contribution in [1.82, 2.24) is 9.21 Å². The molecule has 1 aromatic carbocycles. The van der Waals surface area contributed by atoms with Gasteiger partial charge in [0.1, 0.15) is 0 Å². The van der Waals surface area contributed by atoms with E-state index in [-0.39, 0.29) is 0 Å². The highest BCUT2D eigenvalue weighted by molar-refractivity contribution is 7.88. The maximum absolute atomic E-state index is 11.5. The Labute approximate surface area is 115 Å². The lowest BCUT2D eigenvalue weighted by atomic mass is 10.0. The van der Waals surface area contributed by atoms with Gasteiger partial charge in [-0.2, -0.15) is 0 Å². The summed E-state index contributed by atoms with van der Waals surface area (Å²) >= 11 is 0. The standard InChI is InChI=1S/C14H20N2O2S/c1-19(17,18)16-10-13-8-15(9-14(13)11-16)7-12-5-3-2-4-6-12/h2-6,13-14H,7-11H2,1H3/t13-,14-/m1/s1. The van der Waals surface area contributed by atoms with Crippen LogP contribution in [0.4, 0.5) is 0 Å². The van der Waals surface area contributed by atoms with Gasteiger partial charge in [0, 0.05) is 32.7 Å². The van der Waals surface area contributed by atoms with Crippen molar-refractivity contribution in [3.8, 4) is 0 Å². The molecule has 0 spiro atoms. The number of fused-ring (bicyclic) bond motifs is 1. The second-order valence-electron chi connectivity index (χ2n) is 5.78. The number of hydrogen-bond acceptors (Lipinski definition) is 3. The van der Waals surface area contributed by atoms with Gasteiger partial charge in [-0.25, -0.2) is 12.7 Å². The molecule has 0 radical (unpaired) electrons. The number of sulfonamides is 1. The maximum Gasteiger partial charge on any atom is 0.211 e. The Hall–Kier alpha value is -0.910. The average Bonchev–Trinajstić information content (AvgIpc) is 2.87. The quantitative estimate of drug-likeness (QED) is 0.830. The van der Waals surface area contributed by atoms with Gasteiger partial charge in [-0.15, -0.1) is 0 Å². The van der Waals surface area contributed by atoms with Gasteiger partial charge in [0.25, 0.3) is 0 Å². The van der Waals surface area contributed by atoms with Crippen LogP contribution in [0.5, 0.6) is 0 Å². The first-order valence-electron chi connectivity index (χ1n) is 6.74. The molecule has 2 atom stereocenters. The molecule has 0 unspecified atom stereocenters. The Morgan fingerprint density at radius 3 is 2.16 bits per heavy atom. The minimum Gasteiger partial charge on any atom is -0.298 e. The van der Waals surface area contributed by atoms with Crippen LogP contribution >= 0.6 is 0 Å².